The monoisotopic (exact) mass is 342 g/mol. The van der Waals surface area contributed by atoms with E-state index in [9.17, 15) is 9.59 Å². The predicted octanol–water partition coefficient (Wildman–Crippen LogP) is 2.91. The average molecular weight is 342 g/mol. The maximum atomic E-state index is 12.2. The number of carbonyl (C=O) groups is 2. The summed E-state index contributed by atoms with van der Waals surface area (Å²) in [6.45, 7) is 1.45. The Morgan fingerprint density at radius 3 is 2.67 bits per heavy atom. The lowest BCUT2D eigenvalue weighted by molar-refractivity contribution is -0.114. The van der Waals surface area contributed by atoms with Gasteiger partial charge in [-0.15, -0.1) is 0 Å². The normalized spacial score (nSPS) is 10.4. The smallest absolute Gasteiger partial charge is 0.259 e. The molecule has 3 rings (SSSR count). The van der Waals surface area contributed by atoms with Crippen LogP contribution in [0.4, 0.5) is 10.8 Å². The summed E-state index contributed by atoms with van der Waals surface area (Å²) in [7, 11) is 1.51. The molecule has 2 aromatic heterocycles. The molecule has 0 bridgehead atoms. The molecule has 0 aliphatic carbocycles. The van der Waals surface area contributed by atoms with Crippen LogP contribution in [0.25, 0.3) is 10.2 Å². The van der Waals surface area contributed by atoms with Crippen LogP contribution >= 0.6 is 11.3 Å². The van der Waals surface area contributed by atoms with Crippen LogP contribution in [0.15, 0.2) is 36.5 Å². The molecule has 1 aromatic carbocycles. The zero-order chi connectivity index (χ0) is 17.1. The van der Waals surface area contributed by atoms with Gasteiger partial charge in [-0.2, -0.15) is 0 Å². The number of rotatable bonds is 4. The minimum atomic E-state index is -0.300. The Balaban J connectivity index is 1.78. The molecule has 24 heavy (non-hydrogen) atoms. The zero-order valence-corrected chi connectivity index (χ0v) is 13.8. The number of nitrogens with one attached hydrogen (secondary N) is 2. The molecular formula is C16H14N4O3S. The number of aromatic nitrogens is 2. The van der Waals surface area contributed by atoms with Gasteiger partial charge in [0.1, 0.15) is 0 Å². The fourth-order valence-electron chi connectivity index (χ4n) is 2.06. The summed E-state index contributed by atoms with van der Waals surface area (Å²) in [5.41, 5.74) is 1.85. The van der Waals surface area contributed by atoms with Gasteiger partial charge in [-0.3, -0.25) is 14.9 Å². The largest absolute Gasteiger partial charge is 0.481 e. The number of thiazole rings is 1. The van der Waals surface area contributed by atoms with Crippen molar-refractivity contribution in [3.05, 3.63) is 42.1 Å². The van der Waals surface area contributed by atoms with Crippen LogP contribution in [0.1, 0.15) is 17.3 Å². The minimum Gasteiger partial charge on any atom is -0.481 e. The van der Waals surface area contributed by atoms with Gasteiger partial charge in [0.05, 0.1) is 22.9 Å². The highest BCUT2D eigenvalue weighted by atomic mass is 32.1. The lowest BCUT2D eigenvalue weighted by Crippen LogP contribution is -2.11. The number of pyridine rings is 1. The van der Waals surface area contributed by atoms with Crippen molar-refractivity contribution in [3.63, 3.8) is 0 Å². The van der Waals surface area contributed by atoms with Gasteiger partial charge in [0.25, 0.3) is 5.91 Å². The quantitative estimate of drug-likeness (QED) is 0.760. The highest BCUT2D eigenvalue weighted by Gasteiger charge is 2.11. The van der Waals surface area contributed by atoms with Crippen LogP contribution in [-0.2, 0) is 4.79 Å². The molecule has 2 N–H and O–H groups in total. The predicted molar refractivity (Wildman–Crippen MR) is 92.7 cm³/mol. The summed E-state index contributed by atoms with van der Waals surface area (Å²) >= 11 is 1.33. The van der Waals surface area contributed by atoms with E-state index in [0.717, 1.165) is 10.2 Å². The number of nitrogens with zero attached hydrogens (tertiary/aromatic N) is 2. The second kappa shape index (κ2) is 6.63. The maximum absolute atomic E-state index is 12.2. The van der Waals surface area contributed by atoms with Gasteiger partial charge in [-0.25, -0.2) is 9.97 Å². The van der Waals surface area contributed by atoms with Crippen molar-refractivity contribution in [1.82, 2.24) is 9.97 Å². The Kier molecular flexibility index (Phi) is 4.39. The first-order valence-corrected chi connectivity index (χ1v) is 7.86. The molecule has 0 fully saturated rings. The third-order valence-electron chi connectivity index (χ3n) is 3.14. The van der Waals surface area contributed by atoms with Crippen LogP contribution in [0.2, 0.25) is 0 Å². The summed E-state index contributed by atoms with van der Waals surface area (Å²) in [5, 5.41) is 5.94. The van der Waals surface area contributed by atoms with E-state index in [1.165, 1.54) is 31.6 Å². The number of hydrogen-bond donors (Lipinski definition) is 2. The SMILES string of the molecule is COc1ccc(C(=O)Nc2nc3ccc(NC(C)=O)cc3s2)cn1. The lowest BCUT2D eigenvalue weighted by atomic mass is 10.3. The number of amides is 2. The highest BCUT2D eigenvalue weighted by Crippen LogP contribution is 2.28. The number of ether oxygens (including phenoxy) is 1. The van der Waals surface area contributed by atoms with E-state index in [1.807, 2.05) is 6.07 Å². The van der Waals surface area contributed by atoms with Crippen LogP contribution in [0.5, 0.6) is 5.88 Å². The number of anilines is 2. The molecule has 0 aliphatic rings. The van der Waals surface area contributed by atoms with Crippen molar-refractivity contribution >= 4 is 44.2 Å². The van der Waals surface area contributed by atoms with Gasteiger partial charge in [0, 0.05) is 24.9 Å². The Bertz CT molecular complexity index is 905. The number of methoxy groups -OCH3 is 1. The van der Waals surface area contributed by atoms with Gasteiger partial charge in [-0.05, 0) is 24.3 Å². The summed E-state index contributed by atoms with van der Waals surface area (Å²) in [6.07, 6.45) is 1.44. The summed E-state index contributed by atoms with van der Waals surface area (Å²) in [4.78, 5) is 31.7. The maximum Gasteiger partial charge on any atom is 0.259 e. The van der Waals surface area contributed by atoms with Crippen LogP contribution in [0, 0.1) is 0 Å². The van der Waals surface area contributed by atoms with Crippen LogP contribution in [-0.4, -0.2) is 28.9 Å². The van der Waals surface area contributed by atoms with Crippen molar-refractivity contribution in [3.8, 4) is 5.88 Å². The molecule has 0 aliphatic heterocycles. The number of benzene rings is 1. The first kappa shape index (κ1) is 15.9. The van der Waals surface area contributed by atoms with Crippen LogP contribution in [0.3, 0.4) is 0 Å². The van der Waals surface area contributed by atoms with Crippen molar-refractivity contribution < 1.29 is 14.3 Å². The highest BCUT2D eigenvalue weighted by molar-refractivity contribution is 7.22. The Morgan fingerprint density at radius 2 is 2.00 bits per heavy atom. The van der Waals surface area contributed by atoms with Crippen LogP contribution < -0.4 is 15.4 Å². The third-order valence-corrected chi connectivity index (χ3v) is 4.07. The molecule has 122 valence electrons. The summed E-state index contributed by atoms with van der Waals surface area (Å²) in [5.74, 6) is 0.00253. The standard InChI is InChI=1S/C16H14N4O3S/c1-9(21)18-11-4-5-12-13(7-11)24-16(19-12)20-15(22)10-3-6-14(23-2)17-8-10/h3-8H,1-2H3,(H,18,21)(H,19,20,22). The van der Waals surface area contributed by atoms with E-state index in [2.05, 4.69) is 20.6 Å². The molecule has 7 nitrogen and oxygen atoms in total. The molecule has 3 aromatic rings. The van der Waals surface area contributed by atoms with E-state index in [4.69, 9.17) is 4.74 Å². The minimum absolute atomic E-state index is 0.139. The van der Waals surface area contributed by atoms with E-state index in [-0.39, 0.29) is 11.8 Å². The van der Waals surface area contributed by atoms with E-state index in [0.29, 0.717) is 22.3 Å². The van der Waals surface area contributed by atoms with Gasteiger partial charge in [-0.1, -0.05) is 11.3 Å². The second-order valence-electron chi connectivity index (χ2n) is 4.93. The molecule has 2 heterocycles. The van der Waals surface area contributed by atoms with Gasteiger partial charge >= 0.3 is 0 Å². The Labute approximate surface area is 141 Å². The van der Waals surface area contributed by atoms with Gasteiger partial charge in [0.15, 0.2) is 5.13 Å². The average Bonchev–Trinajstić information content (AvgIpc) is 2.95. The number of carbonyl (C=O) groups excluding carboxylic acids is 2. The Hall–Kier alpha value is -3.00. The molecule has 0 atom stereocenters. The summed E-state index contributed by atoms with van der Waals surface area (Å²) in [6, 6.07) is 8.62. The fraction of sp³-hybridized carbons (Fsp3) is 0.125. The topological polar surface area (TPSA) is 93.2 Å². The number of hydrogen-bond acceptors (Lipinski definition) is 6. The summed E-state index contributed by atoms with van der Waals surface area (Å²) < 4.78 is 5.83. The van der Waals surface area contributed by atoms with Crippen molar-refractivity contribution in [2.24, 2.45) is 0 Å². The molecule has 0 saturated carbocycles. The third kappa shape index (κ3) is 3.49. The molecule has 8 heteroatoms. The molecule has 2 amide bonds. The van der Waals surface area contributed by atoms with E-state index in [1.54, 1.807) is 24.3 Å². The zero-order valence-electron chi connectivity index (χ0n) is 13.0. The van der Waals surface area contributed by atoms with E-state index < -0.39 is 0 Å². The van der Waals surface area contributed by atoms with Crippen molar-refractivity contribution in [1.29, 1.82) is 0 Å². The molecule has 0 spiro atoms. The van der Waals surface area contributed by atoms with E-state index >= 15 is 0 Å². The van der Waals surface area contributed by atoms with Crippen molar-refractivity contribution in [2.75, 3.05) is 17.7 Å². The van der Waals surface area contributed by atoms with Crippen molar-refractivity contribution in [2.45, 2.75) is 6.92 Å². The first-order chi connectivity index (χ1) is 11.5. The molecule has 0 radical (unpaired) electrons. The number of fused-ring (bicyclic) bond motifs is 1. The second-order valence-corrected chi connectivity index (χ2v) is 5.96. The lowest BCUT2D eigenvalue weighted by Gasteiger charge is -2.02. The molecule has 0 saturated heterocycles. The Morgan fingerprint density at radius 1 is 1.17 bits per heavy atom. The molecule has 0 unspecified atom stereocenters. The fourth-order valence-corrected chi connectivity index (χ4v) is 2.96. The van der Waals surface area contributed by atoms with Gasteiger partial charge in [0.2, 0.25) is 11.8 Å². The van der Waals surface area contributed by atoms with Gasteiger partial charge < -0.3 is 10.1 Å². The first-order valence-electron chi connectivity index (χ1n) is 7.05. The molecular weight excluding hydrogens is 328 g/mol.